The van der Waals surface area contributed by atoms with Gasteiger partial charge in [-0.25, -0.2) is 4.79 Å². The number of hydrogen-bond donors (Lipinski definition) is 1. The van der Waals surface area contributed by atoms with Crippen LogP contribution in [0.5, 0.6) is 0 Å². The van der Waals surface area contributed by atoms with E-state index in [1.165, 1.54) is 12.0 Å². The summed E-state index contributed by atoms with van der Waals surface area (Å²) in [7, 11) is 1.31. The molecule has 8 nitrogen and oxygen atoms in total. The summed E-state index contributed by atoms with van der Waals surface area (Å²) in [6.07, 6.45) is 0. The Morgan fingerprint density at radius 3 is 2.60 bits per heavy atom. The monoisotopic (exact) mass is 283 g/mol. The smallest absolute Gasteiger partial charge is 0.325 e. The van der Waals surface area contributed by atoms with Crippen LogP contribution in [0.15, 0.2) is 0 Å². The van der Waals surface area contributed by atoms with E-state index < -0.39 is 11.9 Å². The molecule has 2 unspecified atom stereocenters. The molecule has 1 N–H and O–H groups in total. The van der Waals surface area contributed by atoms with Crippen molar-refractivity contribution in [2.24, 2.45) is 11.8 Å². The van der Waals surface area contributed by atoms with Crippen LogP contribution in [-0.4, -0.2) is 66.9 Å². The first-order valence-corrected chi connectivity index (χ1v) is 6.37. The molecular weight excluding hydrogens is 266 g/mol. The number of urea groups is 1. The highest BCUT2D eigenvalue weighted by Gasteiger charge is 2.39. The van der Waals surface area contributed by atoms with E-state index >= 15 is 0 Å². The minimum atomic E-state index is -0.555. The predicted octanol–water partition coefficient (Wildman–Crippen LogP) is -1.19. The predicted molar refractivity (Wildman–Crippen MR) is 66.4 cm³/mol. The van der Waals surface area contributed by atoms with Crippen LogP contribution in [0.25, 0.3) is 0 Å². The Balaban J connectivity index is 1.96. The highest BCUT2D eigenvalue weighted by atomic mass is 16.5. The van der Waals surface area contributed by atoms with Crippen LogP contribution >= 0.6 is 0 Å². The standard InChI is InChI=1S/C12H17N3O5/c1-7-4-14(5-8(7)11(18)20-2)10(17)6-15-9(16)3-13-12(15)19/h7-8H,3-6H2,1-2H3,(H,13,19). The number of nitrogens with zero attached hydrogens (tertiary/aromatic N) is 2. The molecule has 2 aliphatic heterocycles. The minimum Gasteiger partial charge on any atom is -0.469 e. The molecular formula is C12H17N3O5. The summed E-state index contributed by atoms with van der Waals surface area (Å²) >= 11 is 0. The average molecular weight is 283 g/mol. The number of likely N-dealkylation sites (tertiary alicyclic amines) is 1. The van der Waals surface area contributed by atoms with Gasteiger partial charge in [-0.2, -0.15) is 0 Å². The molecule has 0 aliphatic carbocycles. The molecule has 0 aromatic heterocycles. The third kappa shape index (κ3) is 2.59. The van der Waals surface area contributed by atoms with Crippen LogP contribution in [0.3, 0.4) is 0 Å². The summed E-state index contributed by atoms with van der Waals surface area (Å²) < 4.78 is 4.69. The third-order valence-electron chi connectivity index (χ3n) is 3.70. The average Bonchev–Trinajstić information content (AvgIpc) is 2.95. The first kappa shape index (κ1) is 14.3. The zero-order valence-corrected chi connectivity index (χ0v) is 11.4. The van der Waals surface area contributed by atoms with Crippen molar-refractivity contribution in [3.63, 3.8) is 0 Å². The van der Waals surface area contributed by atoms with Crippen LogP contribution < -0.4 is 5.32 Å². The Kier molecular flexibility index (Phi) is 3.91. The number of imide groups is 1. The van der Waals surface area contributed by atoms with Crippen LogP contribution in [0.1, 0.15) is 6.92 Å². The molecule has 2 fully saturated rings. The summed E-state index contributed by atoms with van der Waals surface area (Å²) in [6, 6.07) is -0.555. The van der Waals surface area contributed by atoms with E-state index in [0.717, 1.165) is 4.90 Å². The second kappa shape index (κ2) is 5.48. The molecule has 4 amide bonds. The number of amides is 4. The number of methoxy groups -OCH3 is 1. The minimum absolute atomic E-state index is 0.00509. The lowest BCUT2D eigenvalue weighted by Gasteiger charge is -2.19. The van der Waals surface area contributed by atoms with Gasteiger partial charge >= 0.3 is 12.0 Å². The summed E-state index contributed by atoms with van der Waals surface area (Å²) in [6.45, 7) is 2.18. The van der Waals surface area contributed by atoms with Gasteiger partial charge in [-0.15, -0.1) is 0 Å². The Morgan fingerprint density at radius 1 is 1.35 bits per heavy atom. The molecule has 2 heterocycles. The van der Waals surface area contributed by atoms with Crippen molar-refractivity contribution in [3.8, 4) is 0 Å². The van der Waals surface area contributed by atoms with Gasteiger partial charge in [0.05, 0.1) is 19.6 Å². The lowest BCUT2D eigenvalue weighted by molar-refractivity contribution is -0.146. The Labute approximate surface area is 116 Å². The third-order valence-corrected chi connectivity index (χ3v) is 3.70. The second-order valence-electron chi connectivity index (χ2n) is 5.04. The molecule has 0 aromatic rings. The van der Waals surface area contributed by atoms with Crippen molar-refractivity contribution in [2.75, 3.05) is 33.3 Å². The molecule has 0 bridgehead atoms. The first-order chi connectivity index (χ1) is 9.43. The largest absolute Gasteiger partial charge is 0.469 e. The molecule has 110 valence electrons. The highest BCUT2D eigenvalue weighted by molar-refractivity contribution is 6.04. The van der Waals surface area contributed by atoms with Crippen molar-refractivity contribution >= 4 is 23.8 Å². The van der Waals surface area contributed by atoms with Gasteiger partial charge in [0.1, 0.15) is 6.54 Å². The van der Waals surface area contributed by atoms with Gasteiger partial charge in [-0.1, -0.05) is 6.92 Å². The van der Waals surface area contributed by atoms with Crippen LogP contribution in [0, 0.1) is 11.8 Å². The second-order valence-corrected chi connectivity index (χ2v) is 5.04. The van der Waals surface area contributed by atoms with E-state index in [9.17, 15) is 19.2 Å². The summed E-state index contributed by atoms with van der Waals surface area (Å²) in [5.74, 6) is -1.46. The van der Waals surface area contributed by atoms with Gasteiger partial charge in [-0.3, -0.25) is 19.3 Å². The maximum Gasteiger partial charge on any atom is 0.325 e. The van der Waals surface area contributed by atoms with Crippen molar-refractivity contribution in [3.05, 3.63) is 0 Å². The Morgan fingerprint density at radius 2 is 2.05 bits per heavy atom. The zero-order chi connectivity index (χ0) is 14.9. The Bertz CT molecular complexity index is 448. The summed E-state index contributed by atoms with van der Waals surface area (Å²) in [5.41, 5.74) is 0. The lowest BCUT2D eigenvalue weighted by Crippen LogP contribution is -2.42. The normalized spacial score (nSPS) is 25.9. The van der Waals surface area contributed by atoms with E-state index in [-0.39, 0.29) is 43.3 Å². The number of nitrogens with one attached hydrogen (secondary N) is 1. The van der Waals surface area contributed by atoms with E-state index in [1.807, 2.05) is 6.92 Å². The molecule has 8 heteroatoms. The van der Waals surface area contributed by atoms with Crippen LogP contribution in [-0.2, 0) is 19.1 Å². The number of hydrogen-bond acceptors (Lipinski definition) is 5. The van der Waals surface area contributed by atoms with Gasteiger partial charge in [0, 0.05) is 13.1 Å². The van der Waals surface area contributed by atoms with Crippen LogP contribution in [0.4, 0.5) is 4.79 Å². The summed E-state index contributed by atoms with van der Waals surface area (Å²) in [4.78, 5) is 48.8. The fourth-order valence-electron chi connectivity index (χ4n) is 2.48. The van der Waals surface area contributed by atoms with Gasteiger partial charge in [-0.05, 0) is 5.92 Å². The number of carbonyl (C=O) groups excluding carboxylic acids is 4. The van der Waals surface area contributed by atoms with Gasteiger partial charge in [0.25, 0.3) is 5.91 Å². The van der Waals surface area contributed by atoms with Gasteiger partial charge in [0.15, 0.2) is 0 Å². The first-order valence-electron chi connectivity index (χ1n) is 6.37. The molecule has 2 rings (SSSR count). The molecule has 0 aromatic carbocycles. The Hall–Kier alpha value is -2.12. The number of rotatable bonds is 3. The van der Waals surface area contributed by atoms with E-state index in [2.05, 4.69) is 5.32 Å². The maximum absolute atomic E-state index is 12.1. The van der Waals surface area contributed by atoms with Crippen molar-refractivity contribution in [2.45, 2.75) is 6.92 Å². The number of ether oxygens (including phenoxy) is 1. The fourth-order valence-corrected chi connectivity index (χ4v) is 2.48. The summed E-state index contributed by atoms with van der Waals surface area (Å²) in [5, 5.41) is 2.35. The zero-order valence-electron chi connectivity index (χ0n) is 11.4. The van der Waals surface area contributed by atoms with Gasteiger partial charge in [0.2, 0.25) is 5.91 Å². The van der Waals surface area contributed by atoms with E-state index in [4.69, 9.17) is 4.74 Å². The van der Waals surface area contributed by atoms with Crippen molar-refractivity contribution < 1.29 is 23.9 Å². The van der Waals surface area contributed by atoms with E-state index in [1.54, 1.807) is 0 Å². The number of carbonyl (C=O) groups is 4. The SMILES string of the molecule is COC(=O)C1CN(C(=O)CN2C(=O)CNC2=O)CC1C. The fraction of sp³-hybridized carbons (Fsp3) is 0.667. The molecule has 20 heavy (non-hydrogen) atoms. The lowest BCUT2D eigenvalue weighted by atomic mass is 9.99. The van der Waals surface area contributed by atoms with E-state index in [0.29, 0.717) is 6.54 Å². The molecule has 2 aliphatic rings. The number of esters is 1. The quantitative estimate of drug-likeness (QED) is 0.519. The molecule has 2 atom stereocenters. The molecule has 0 spiro atoms. The highest BCUT2D eigenvalue weighted by Crippen LogP contribution is 2.24. The van der Waals surface area contributed by atoms with Crippen LogP contribution in [0.2, 0.25) is 0 Å². The van der Waals surface area contributed by atoms with Crippen molar-refractivity contribution in [1.29, 1.82) is 0 Å². The van der Waals surface area contributed by atoms with Crippen molar-refractivity contribution in [1.82, 2.24) is 15.1 Å². The molecule has 2 saturated heterocycles. The maximum atomic E-state index is 12.1. The molecule has 0 saturated carbocycles. The topological polar surface area (TPSA) is 96.0 Å². The van der Waals surface area contributed by atoms with Gasteiger partial charge < -0.3 is 15.0 Å². The molecule has 0 radical (unpaired) electrons.